The van der Waals surface area contributed by atoms with Crippen molar-refractivity contribution in [3.63, 3.8) is 0 Å². The highest BCUT2D eigenvalue weighted by atomic mass is 32.1. The summed E-state index contributed by atoms with van der Waals surface area (Å²) in [5.74, 6) is -0.131. The zero-order chi connectivity index (χ0) is 20.9. The number of rotatable bonds is 6. The van der Waals surface area contributed by atoms with Crippen LogP contribution >= 0.6 is 11.3 Å². The quantitative estimate of drug-likeness (QED) is 0.695. The molecule has 0 N–H and O–H groups in total. The molecule has 2 fully saturated rings. The van der Waals surface area contributed by atoms with Crippen molar-refractivity contribution in [1.82, 2.24) is 19.3 Å². The van der Waals surface area contributed by atoms with Crippen LogP contribution in [-0.2, 0) is 17.8 Å². The summed E-state index contributed by atoms with van der Waals surface area (Å²) in [7, 11) is 0. The van der Waals surface area contributed by atoms with E-state index in [-0.39, 0.29) is 11.5 Å². The van der Waals surface area contributed by atoms with E-state index in [1.165, 1.54) is 4.88 Å². The average Bonchev–Trinajstić information content (AvgIpc) is 3.27. The smallest absolute Gasteiger partial charge is 0.263 e. The molecule has 2 aromatic rings. The van der Waals surface area contributed by atoms with Crippen molar-refractivity contribution in [3.05, 3.63) is 56.1 Å². The Morgan fingerprint density at radius 2 is 1.80 bits per heavy atom. The molecular formula is C22H30N4O3S. The number of nitrogens with zero attached hydrogens (tertiary/aromatic N) is 4. The van der Waals surface area contributed by atoms with Gasteiger partial charge in [-0.2, -0.15) is 0 Å². The van der Waals surface area contributed by atoms with Gasteiger partial charge in [0.1, 0.15) is 5.56 Å². The first kappa shape index (κ1) is 21.2. The average molecular weight is 431 g/mol. The van der Waals surface area contributed by atoms with Crippen molar-refractivity contribution < 1.29 is 9.53 Å². The molecule has 0 bridgehead atoms. The first-order valence-electron chi connectivity index (χ1n) is 10.7. The number of carbonyl (C=O) groups is 1. The van der Waals surface area contributed by atoms with Gasteiger partial charge in [-0.05, 0) is 30.0 Å². The van der Waals surface area contributed by atoms with E-state index >= 15 is 0 Å². The van der Waals surface area contributed by atoms with Crippen LogP contribution in [0.1, 0.15) is 20.8 Å². The molecule has 0 saturated carbocycles. The van der Waals surface area contributed by atoms with Crippen LogP contribution in [0.2, 0.25) is 0 Å². The largest absolute Gasteiger partial charge is 0.379 e. The highest BCUT2D eigenvalue weighted by molar-refractivity contribution is 7.09. The molecule has 8 heteroatoms. The SMILES string of the molecule is Cc1ccn(CCN2CCOCC2)c(=O)c1C(=O)N1CCN(Cc2cccs2)CC1. The number of carbonyl (C=O) groups excluding carboxylic acids is 1. The number of aromatic nitrogens is 1. The molecule has 162 valence electrons. The lowest BCUT2D eigenvalue weighted by molar-refractivity contribution is 0.0362. The number of amides is 1. The number of hydrogen-bond acceptors (Lipinski definition) is 6. The van der Waals surface area contributed by atoms with Gasteiger partial charge in [-0.15, -0.1) is 11.3 Å². The number of pyridine rings is 1. The maximum absolute atomic E-state index is 13.2. The number of piperazine rings is 1. The molecule has 4 heterocycles. The molecule has 2 saturated heterocycles. The van der Waals surface area contributed by atoms with Gasteiger partial charge in [0, 0.05) is 70.0 Å². The van der Waals surface area contributed by atoms with Crippen molar-refractivity contribution >= 4 is 17.2 Å². The van der Waals surface area contributed by atoms with Crippen molar-refractivity contribution in [1.29, 1.82) is 0 Å². The molecular weight excluding hydrogens is 400 g/mol. The second-order valence-electron chi connectivity index (χ2n) is 7.97. The maximum atomic E-state index is 13.2. The minimum Gasteiger partial charge on any atom is -0.379 e. The van der Waals surface area contributed by atoms with Crippen LogP contribution in [0.5, 0.6) is 0 Å². The number of ether oxygens (including phenoxy) is 1. The number of hydrogen-bond donors (Lipinski definition) is 0. The van der Waals surface area contributed by atoms with Crippen molar-refractivity contribution in [3.8, 4) is 0 Å². The summed E-state index contributed by atoms with van der Waals surface area (Å²) in [4.78, 5) is 34.1. The topological polar surface area (TPSA) is 58.0 Å². The summed E-state index contributed by atoms with van der Waals surface area (Å²) < 4.78 is 7.07. The van der Waals surface area contributed by atoms with Gasteiger partial charge in [0.25, 0.3) is 11.5 Å². The Labute approximate surface area is 181 Å². The Hall–Kier alpha value is -2.00. The molecule has 4 rings (SSSR count). The predicted molar refractivity (Wildman–Crippen MR) is 118 cm³/mol. The van der Waals surface area contributed by atoms with E-state index in [0.717, 1.165) is 58.0 Å². The van der Waals surface area contributed by atoms with Crippen molar-refractivity contribution in [2.45, 2.75) is 20.0 Å². The lowest BCUT2D eigenvalue weighted by Crippen LogP contribution is -2.49. The molecule has 0 radical (unpaired) electrons. The molecule has 0 aliphatic carbocycles. The Bertz CT molecular complexity index is 898. The third-order valence-corrected chi connectivity index (χ3v) is 6.83. The van der Waals surface area contributed by atoms with E-state index in [0.29, 0.717) is 25.2 Å². The summed E-state index contributed by atoms with van der Waals surface area (Å²) in [5, 5.41) is 2.09. The van der Waals surface area contributed by atoms with Crippen LogP contribution in [0.25, 0.3) is 0 Å². The number of thiophene rings is 1. The van der Waals surface area contributed by atoms with Gasteiger partial charge in [0.05, 0.1) is 13.2 Å². The van der Waals surface area contributed by atoms with E-state index in [2.05, 4.69) is 27.3 Å². The Kier molecular flexibility index (Phi) is 6.99. The molecule has 0 spiro atoms. The Morgan fingerprint density at radius 3 is 2.50 bits per heavy atom. The van der Waals surface area contributed by atoms with Gasteiger partial charge in [0.15, 0.2) is 0 Å². The van der Waals surface area contributed by atoms with Gasteiger partial charge in [-0.25, -0.2) is 0 Å². The summed E-state index contributed by atoms with van der Waals surface area (Å²) in [6, 6.07) is 6.11. The van der Waals surface area contributed by atoms with Crippen LogP contribution in [0.15, 0.2) is 34.6 Å². The van der Waals surface area contributed by atoms with Gasteiger partial charge < -0.3 is 14.2 Å². The predicted octanol–water partition coefficient (Wildman–Crippen LogP) is 1.51. The van der Waals surface area contributed by atoms with E-state index < -0.39 is 0 Å². The van der Waals surface area contributed by atoms with Gasteiger partial charge in [-0.3, -0.25) is 19.4 Å². The second kappa shape index (κ2) is 9.87. The molecule has 1 amide bonds. The lowest BCUT2D eigenvalue weighted by atomic mass is 10.1. The molecule has 2 aliphatic heterocycles. The van der Waals surface area contributed by atoms with Crippen LogP contribution in [0.3, 0.4) is 0 Å². The minimum absolute atomic E-state index is 0.131. The molecule has 30 heavy (non-hydrogen) atoms. The van der Waals surface area contributed by atoms with Crippen LogP contribution in [0, 0.1) is 6.92 Å². The molecule has 0 atom stereocenters. The third-order valence-electron chi connectivity index (χ3n) is 5.97. The van der Waals surface area contributed by atoms with Gasteiger partial charge in [0.2, 0.25) is 0 Å². The third kappa shape index (κ3) is 5.00. The maximum Gasteiger partial charge on any atom is 0.263 e. The van der Waals surface area contributed by atoms with Crippen LogP contribution in [-0.4, -0.2) is 84.2 Å². The normalized spacial score (nSPS) is 18.6. The van der Waals surface area contributed by atoms with Crippen LogP contribution in [0.4, 0.5) is 0 Å². The van der Waals surface area contributed by atoms with Gasteiger partial charge in [-0.1, -0.05) is 6.07 Å². The van der Waals surface area contributed by atoms with Crippen LogP contribution < -0.4 is 5.56 Å². The highest BCUT2D eigenvalue weighted by Gasteiger charge is 2.26. The van der Waals surface area contributed by atoms with E-state index in [9.17, 15) is 9.59 Å². The fourth-order valence-corrected chi connectivity index (χ4v) is 4.81. The summed E-state index contributed by atoms with van der Waals surface area (Å²) in [5.41, 5.74) is 0.911. The number of morpholine rings is 1. The molecule has 2 aliphatic rings. The second-order valence-corrected chi connectivity index (χ2v) is 9.01. The minimum atomic E-state index is -0.172. The fraction of sp³-hybridized carbons (Fsp3) is 0.545. The first-order valence-corrected chi connectivity index (χ1v) is 11.5. The van der Waals surface area contributed by atoms with E-state index in [1.807, 2.05) is 24.1 Å². The van der Waals surface area contributed by atoms with Crippen molar-refractivity contribution in [2.24, 2.45) is 0 Å². The van der Waals surface area contributed by atoms with Gasteiger partial charge >= 0.3 is 0 Å². The lowest BCUT2D eigenvalue weighted by Gasteiger charge is -2.34. The molecule has 0 unspecified atom stereocenters. The summed E-state index contributed by atoms with van der Waals surface area (Å²) in [6.07, 6.45) is 1.81. The van der Waals surface area contributed by atoms with E-state index in [4.69, 9.17) is 4.74 Å². The summed E-state index contributed by atoms with van der Waals surface area (Å²) >= 11 is 1.76. The summed E-state index contributed by atoms with van der Waals surface area (Å²) in [6.45, 7) is 10.4. The Balaban J connectivity index is 1.39. The molecule has 0 aromatic carbocycles. The zero-order valence-electron chi connectivity index (χ0n) is 17.6. The molecule has 2 aromatic heterocycles. The highest BCUT2D eigenvalue weighted by Crippen LogP contribution is 2.15. The zero-order valence-corrected chi connectivity index (χ0v) is 18.4. The Morgan fingerprint density at radius 1 is 1.03 bits per heavy atom. The van der Waals surface area contributed by atoms with Crippen molar-refractivity contribution in [2.75, 3.05) is 59.0 Å². The standard InChI is InChI=1S/C22H30N4O3S/c1-18-4-5-25(9-6-23-12-14-29-15-13-23)21(27)20(18)22(28)26-10-7-24(8-11-26)17-19-3-2-16-30-19/h2-5,16H,6-15,17H2,1H3. The first-order chi connectivity index (χ1) is 14.6. The fourth-order valence-electron chi connectivity index (χ4n) is 4.07. The molecule has 7 nitrogen and oxygen atoms in total. The number of aryl methyl sites for hydroxylation is 1. The van der Waals surface area contributed by atoms with E-state index in [1.54, 1.807) is 15.9 Å². The monoisotopic (exact) mass is 430 g/mol.